The third-order valence-electron chi connectivity index (χ3n) is 2.83. The number of hydrogen-bond acceptors (Lipinski definition) is 8. The number of carbonyl (C=O) groups is 3. The van der Waals surface area contributed by atoms with Crippen molar-refractivity contribution in [2.75, 3.05) is 13.7 Å². The van der Waals surface area contributed by atoms with Crippen LogP contribution >= 0.6 is 0 Å². The molecule has 8 heteroatoms. The summed E-state index contributed by atoms with van der Waals surface area (Å²) in [5.41, 5.74) is -0.0850. The molecule has 1 unspecified atom stereocenters. The van der Waals surface area contributed by atoms with Crippen molar-refractivity contribution in [3.05, 3.63) is 24.3 Å². The summed E-state index contributed by atoms with van der Waals surface area (Å²) in [6, 6.07) is 3.68. The molecule has 1 atom stereocenters. The SMILES string of the molecule is CCOC(=O)C(N=C(CC)C(=O)OC)C(=O)Oc1ccc(O)cc1. The lowest BCUT2D eigenvalue weighted by atomic mass is 10.2. The highest BCUT2D eigenvalue weighted by atomic mass is 16.6. The summed E-state index contributed by atoms with van der Waals surface area (Å²) in [5, 5.41) is 9.21. The second kappa shape index (κ2) is 9.29. The molecule has 0 saturated carbocycles. The molecule has 8 nitrogen and oxygen atoms in total. The molecule has 1 aromatic rings. The van der Waals surface area contributed by atoms with Crippen LogP contribution in [0.5, 0.6) is 11.5 Å². The fourth-order valence-corrected chi connectivity index (χ4v) is 1.67. The van der Waals surface area contributed by atoms with E-state index < -0.39 is 23.9 Å². The van der Waals surface area contributed by atoms with Crippen LogP contribution in [0, 0.1) is 0 Å². The Hall–Kier alpha value is -2.90. The predicted molar refractivity (Wildman–Crippen MR) is 83.9 cm³/mol. The van der Waals surface area contributed by atoms with E-state index in [-0.39, 0.29) is 30.2 Å². The Morgan fingerprint density at radius 1 is 1.12 bits per heavy atom. The fourth-order valence-electron chi connectivity index (χ4n) is 1.67. The largest absolute Gasteiger partial charge is 0.508 e. The predicted octanol–water partition coefficient (Wildman–Crippen LogP) is 1.25. The number of phenolic OH excluding ortho intramolecular Hbond substituents is 1. The van der Waals surface area contributed by atoms with E-state index in [0.717, 1.165) is 0 Å². The number of aromatic hydroxyl groups is 1. The maximum Gasteiger partial charge on any atom is 0.351 e. The van der Waals surface area contributed by atoms with Crippen LogP contribution in [0.2, 0.25) is 0 Å². The van der Waals surface area contributed by atoms with Crippen molar-refractivity contribution in [3.8, 4) is 11.5 Å². The molecule has 0 radical (unpaired) electrons. The number of rotatable bonds is 7. The summed E-state index contributed by atoms with van der Waals surface area (Å²) in [6.07, 6.45) is 0.162. The lowest BCUT2D eigenvalue weighted by Gasteiger charge is -2.12. The molecule has 0 spiro atoms. The van der Waals surface area contributed by atoms with E-state index in [1.165, 1.54) is 31.4 Å². The average Bonchev–Trinajstić information content (AvgIpc) is 2.57. The van der Waals surface area contributed by atoms with Crippen LogP contribution < -0.4 is 4.74 Å². The molecule has 1 rings (SSSR count). The minimum Gasteiger partial charge on any atom is -0.508 e. The van der Waals surface area contributed by atoms with Gasteiger partial charge >= 0.3 is 17.9 Å². The zero-order valence-corrected chi connectivity index (χ0v) is 13.6. The summed E-state index contributed by atoms with van der Waals surface area (Å²) in [4.78, 5) is 39.6. The Bertz CT molecular complexity index is 622. The highest BCUT2D eigenvalue weighted by Gasteiger charge is 2.31. The first-order chi connectivity index (χ1) is 11.4. The number of nitrogens with zero attached hydrogens (tertiary/aromatic N) is 1. The first kappa shape index (κ1) is 19.1. The molecule has 0 bridgehead atoms. The van der Waals surface area contributed by atoms with Crippen molar-refractivity contribution < 1.29 is 33.7 Å². The first-order valence-electron chi connectivity index (χ1n) is 7.25. The van der Waals surface area contributed by atoms with Crippen LogP contribution in [0.3, 0.4) is 0 Å². The van der Waals surface area contributed by atoms with E-state index in [9.17, 15) is 19.5 Å². The van der Waals surface area contributed by atoms with Crippen molar-refractivity contribution in [2.45, 2.75) is 26.3 Å². The fraction of sp³-hybridized carbons (Fsp3) is 0.375. The number of methoxy groups -OCH3 is 1. The molecule has 1 N–H and O–H groups in total. The Kier molecular flexibility index (Phi) is 7.41. The number of esters is 3. The highest BCUT2D eigenvalue weighted by Crippen LogP contribution is 2.17. The summed E-state index contributed by atoms with van der Waals surface area (Å²) in [5.74, 6) is -2.58. The lowest BCUT2D eigenvalue weighted by Crippen LogP contribution is -2.35. The van der Waals surface area contributed by atoms with Gasteiger partial charge in [0.25, 0.3) is 0 Å². The summed E-state index contributed by atoms with van der Waals surface area (Å²) < 4.78 is 14.4. The van der Waals surface area contributed by atoms with Crippen LogP contribution in [-0.4, -0.2) is 48.5 Å². The molecule has 24 heavy (non-hydrogen) atoms. The van der Waals surface area contributed by atoms with Crippen LogP contribution in [0.15, 0.2) is 29.3 Å². The Balaban J connectivity index is 3.05. The minimum absolute atomic E-state index is 0.00581. The molecule has 0 heterocycles. The average molecular weight is 337 g/mol. The van der Waals surface area contributed by atoms with Gasteiger partial charge in [-0.25, -0.2) is 14.4 Å². The standard InChI is InChI=1S/C16H19NO7/c1-4-12(14(19)22-3)17-13(15(20)23-5-2)16(21)24-11-8-6-10(18)7-9-11/h6-9,13,18H,4-5H2,1-3H3. The molecule has 0 saturated heterocycles. The van der Waals surface area contributed by atoms with Crippen molar-refractivity contribution in [1.82, 2.24) is 0 Å². The zero-order valence-electron chi connectivity index (χ0n) is 13.6. The van der Waals surface area contributed by atoms with E-state index >= 15 is 0 Å². The van der Waals surface area contributed by atoms with Crippen LogP contribution in [-0.2, 0) is 23.9 Å². The van der Waals surface area contributed by atoms with E-state index in [4.69, 9.17) is 9.47 Å². The van der Waals surface area contributed by atoms with Crippen molar-refractivity contribution in [3.63, 3.8) is 0 Å². The number of ether oxygens (including phenoxy) is 3. The van der Waals surface area contributed by atoms with Crippen molar-refractivity contribution in [2.24, 2.45) is 4.99 Å². The van der Waals surface area contributed by atoms with E-state index in [1.807, 2.05) is 0 Å². The Morgan fingerprint density at radius 3 is 2.25 bits per heavy atom. The van der Waals surface area contributed by atoms with Gasteiger partial charge in [0, 0.05) is 0 Å². The van der Waals surface area contributed by atoms with Gasteiger partial charge in [-0.2, -0.15) is 0 Å². The molecule has 0 fully saturated rings. The van der Waals surface area contributed by atoms with Gasteiger partial charge in [-0.3, -0.25) is 4.99 Å². The quantitative estimate of drug-likeness (QED) is 0.345. The molecule has 130 valence electrons. The van der Waals surface area contributed by atoms with Gasteiger partial charge in [0.1, 0.15) is 17.2 Å². The van der Waals surface area contributed by atoms with Gasteiger partial charge in [-0.15, -0.1) is 0 Å². The second-order valence-electron chi connectivity index (χ2n) is 4.49. The molecule has 0 aromatic heterocycles. The van der Waals surface area contributed by atoms with Crippen molar-refractivity contribution in [1.29, 1.82) is 0 Å². The van der Waals surface area contributed by atoms with Crippen LogP contribution in [0.25, 0.3) is 0 Å². The topological polar surface area (TPSA) is 111 Å². The highest BCUT2D eigenvalue weighted by molar-refractivity contribution is 6.36. The first-order valence-corrected chi connectivity index (χ1v) is 7.25. The summed E-state index contributed by atoms with van der Waals surface area (Å²) in [6.45, 7) is 3.24. The normalized spacial score (nSPS) is 12.2. The summed E-state index contributed by atoms with van der Waals surface area (Å²) in [7, 11) is 1.17. The van der Waals surface area contributed by atoms with Crippen LogP contribution in [0.4, 0.5) is 0 Å². The number of aliphatic imine (C=N–C) groups is 1. The molecular formula is C16H19NO7. The number of phenols is 1. The van der Waals surface area contributed by atoms with Crippen LogP contribution in [0.1, 0.15) is 20.3 Å². The van der Waals surface area contributed by atoms with Gasteiger partial charge in [-0.05, 0) is 37.6 Å². The molecular weight excluding hydrogens is 318 g/mol. The second-order valence-corrected chi connectivity index (χ2v) is 4.49. The van der Waals surface area contributed by atoms with E-state index in [1.54, 1.807) is 13.8 Å². The molecule has 0 aliphatic heterocycles. The van der Waals surface area contributed by atoms with E-state index in [2.05, 4.69) is 9.73 Å². The van der Waals surface area contributed by atoms with Gasteiger partial charge in [0.15, 0.2) is 0 Å². The third-order valence-corrected chi connectivity index (χ3v) is 2.83. The minimum atomic E-state index is -1.65. The monoisotopic (exact) mass is 337 g/mol. The molecule has 1 aromatic carbocycles. The maximum atomic E-state index is 12.2. The van der Waals surface area contributed by atoms with Gasteiger partial charge in [0.2, 0.25) is 6.04 Å². The van der Waals surface area contributed by atoms with Crippen molar-refractivity contribution >= 4 is 23.6 Å². The van der Waals surface area contributed by atoms with E-state index in [0.29, 0.717) is 0 Å². The number of carbonyl (C=O) groups excluding carboxylic acids is 3. The third kappa shape index (κ3) is 5.38. The smallest absolute Gasteiger partial charge is 0.351 e. The number of benzene rings is 1. The summed E-state index contributed by atoms with van der Waals surface area (Å²) >= 11 is 0. The Labute approximate surface area is 139 Å². The molecule has 0 amide bonds. The van der Waals surface area contributed by atoms with Gasteiger partial charge in [-0.1, -0.05) is 6.92 Å². The number of hydrogen-bond donors (Lipinski definition) is 1. The molecule has 0 aliphatic carbocycles. The maximum absolute atomic E-state index is 12.2. The Morgan fingerprint density at radius 2 is 1.75 bits per heavy atom. The lowest BCUT2D eigenvalue weighted by molar-refractivity contribution is -0.152. The van der Waals surface area contributed by atoms with Gasteiger partial charge < -0.3 is 19.3 Å². The zero-order chi connectivity index (χ0) is 18.1. The molecule has 0 aliphatic rings. The van der Waals surface area contributed by atoms with Gasteiger partial charge in [0.05, 0.1) is 13.7 Å².